The van der Waals surface area contributed by atoms with Crippen molar-refractivity contribution in [2.45, 2.75) is 6.92 Å². The van der Waals surface area contributed by atoms with Crippen LogP contribution in [0.4, 0.5) is 4.39 Å². The van der Waals surface area contributed by atoms with Crippen molar-refractivity contribution in [1.29, 1.82) is 0 Å². The summed E-state index contributed by atoms with van der Waals surface area (Å²) in [6, 6.07) is 6.20. The summed E-state index contributed by atoms with van der Waals surface area (Å²) in [7, 11) is 1.54. The smallest absolute Gasteiger partial charge is 0.259 e. The summed E-state index contributed by atoms with van der Waals surface area (Å²) in [5.41, 5.74) is 1.18. The predicted octanol–water partition coefficient (Wildman–Crippen LogP) is 2.35. The molecule has 0 unspecified atom stereocenters. The Hall–Kier alpha value is -2.56. The van der Waals surface area contributed by atoms with Crippen LogP contribution in [-0.4, -0.2) is 15.8 Å². The standard InChI is InChI=1S/C15H11FN2O2/c1-8-5-9(7-19)13-10-3-4-12(16)17-14(10)18(2)15(20)11(13)6-8/h3-7H,1-2H3. The van der Waals surface area contributed by atoms with Gasteiger partial charge in [0.25, 0.3) is 5.56 Å². The van der Waals surface area contributed by atoms with Crippen LogP contribution in [0.2, 0.25) is 0 Å². The molecule has 0 N–H and O–H groups in total. The number of nitrogens with zero attached hydrogens (tertiary/aromatic N) is 2. The molecule has 1 aromatic carbocycles. The maximum atomic E-state index is 13.3. The molecule has 0 aliphatic carbocycles. The lowest BCUT2D eigenvalue weighted by Gasteiger charge is -2.10. The van der Waals surface area contributed by atoms with E-state index in [1.54, 1.807) is 25.2 Å². The number of aryl methyl sites for hydroxylation is 2. The Labute approximate surface area is 113 Å². The fraction of sp³-hybridized carbons (Fsp3) is 0.133. The molecule has 20 heavy (non-hydrogen) atoms. The van der Waals surface area contributed by atoms with E-state index in [-0.39, 0.29) is 11.2 Å². The van der Waals surface area contributed by atoms with Gasteiger partial charge in [0.15, 0.2) is 6.29 Å². The Morgan fingerprint density at radius 3 is 2.70 bits per heavy atom. The minimum absolute atomic E-state index is 0.231. The van der Waals surface area contributed by atoms with Gasteiger partial charge in [-0.15, -0.1) is 0 Å². The van der Waals surface area contributed by atoms with Crippen LogP contribution in [0.15, 0.2) is 29.1 Å². The summed E-state index contributed by atoms with van der Waals surface area (Å²) in [4.78, 5) is 27.4. The first kappa shape index (κ1) is 12.5. The number of halogens is 1. The van der Waals surface area contributed by atoms with Crippen molar-refractivity contribution >= 4 is 28.1 Å². The fourth-order valence-corrected chi connectivity index (χ4v) is 2.53. The van der Waals surface area contributed by atoms with Crippen molar-refractivity contribution in [3.05, 3.63) is 51.7 Å². The molecule has 5 heteroatoms. The molecule has 100 valence electrons. The van der Waals surface area contributed by atoms with E-state index in [1.807, 2.05) is 6.92 Å². The molecular formula is C15H11FN2O2. The summed E-state index contributed by atoms with van der Waals surface area (Å²) in [5.74, 6) is -0.661. The zero-order valence-corrected chi connectivity index (χ0v) is 11.0. The molecule has 0 radical (unpaired) electrons. The van der Waals surface area contributed by atoms with E-state index in [9.17, 15) is 14.0 Å². The summed E-state index contributed by atoms with van der Waals surface area (Å²) in [6.07, 6.45) is 0.706. The molecule has 0 spiro atoms. The molecule has 2 aromatic heterocycles. The molecule has 2 heterocycles. The highest BCUT2D eigenvalue weighted by Gasteiger charge is 2.14. The number of carbonyl (C=O) groups is 1. The van der Waals surface area contributed by atoms with Crippen LogP contribution in [0.5, 0.6) is 0 Å². The maximum Gasteiger partial charge on any atom is 0.259 e. The average Bonchev–Trinajstić information content (AvgIpc) is 2.44. The minimum atomic E-state index is -0.661. The molecular weight excluding hydrogens is 259 g/mol. The third kappa shape index (κ3) is 1.63. The van der Waals surface area contributed by atoms with Gasteiger partial charge in [0.1, 0.15) is 5.65 Å². The minimum Gasteiger partial charge on any atom is -0.298 e. The topological polar surface area (TPSA) is 52.0 Å². The van der Waals surface area contributed by atoms with Crippen molar-refractivity contribution in [2.75, 3.05) is 0 Å². The number of rotatable bonds is 1. The van der Waals surface area contributed by atoms with Crippen molar-refractivity contribution < 1.29 is 9.18 Å². The van der Waals surface area contributed by atoms with Gasteiger partial charge in [-0.2, -0.15) is 4.39 Å². The molecule has 0 saturated carbocycles. The first-order valence-electron chi connectivity index (χ1n) is 6.07. The van der Waals surface area contributed by atoms with E-state index in [0.717, 1.165) is 5.56 Å². The van der Waals surface area contributed by atoms with E-state index < -0.39 is 5.95 Å². The Morgan fingerprint density at radius 2 is 2.00 bits per heavy atom. The lowest BCUT2D eigenvalue weighted by molar-refractivity contribution is 0.112. The second kappa shape index (κ2) is 4.23. The van der Waals surface area contributed by atoms with E-state index in [4.69, 9.17) is 0 Å². The predicted molar refractivity (Wildman–Crippen MR) is 74.6 cm³/mol. The second-order valence-corrected chi connectivity index (χ2v) is 4.76. The largest absolute Gasteiger partial charge is 0.298 e. The van der Waals surface area contributed by atoms with Gasteiger partial charge in [-0.1, -0.05) is 0 Å². The highest BCUT2D eigenvalue weighted by Crippen LogP contribution is 2.25. The summed E-state index contributed by atoms with van der Waals surface area (Å²) in [5, 5.41) is 1.55. The zero-order valence-electron chi connectivity index (χ0n) is 11.0. The fourth-order valence-electron chi connectivity index (χ4n) is 2.53. The van der Waals surface area contributed by atoms with Crippen LogP contribution in [0.25, 0.3) is 21.8 Å². The van der Waals surface area contributed by atoms with E-state index in [1.165, 1.54) is 10.6 Å². The summed E-state index contributed by atoms with van der Waals surface area (Å²) in [6.45, 7) is 1.82. The van der Waals surface area contributed by atoms with Gasteiger partial charge in [-0.25, -0.2) is 4.98 Å². The van der Waals surface area contributed by atoms with Crippen LogP contribution in [0.1, 0.15) is 15.9 Å². The van der Waals surface area contributed by atoms with E-state index in [0.29, 0.717) is 28.0 Å². The average molecular weight is 270 g/mol. The van der Waals surface area contributed by atoms with Crippen LogP contribution in [0.3, 0.4) is 0 Å². The molecule has 3 rings (SSSR count). The van der Waals surface area contributed by atoms with Crippen LogP contribution in [-0.2, 0) is 7.05 Å². The monoisotopic (exact) mass is 270 g/mol. The van der Waals surface area contributed by atoms with E-state index in [2.05, 4.69) is 4.98 Å². The maximum absolute atomic E-state index is 13.3. The summed E-state index contributed by atoms with van der Waals surface area (Å²) >= 11 is 0. The Morgan fingerprint density at radius 1 is 1.25 bits per heavy atom. The van der Waals surface area contributed by atoms with E-state index >= 15 is 0 Å². The van der Waals surface area contributed by atoms with Gasteiger partial charge >= 0.3 is 0 Å². The molecule has 0 atom stereocenters. The first-order valence-corrected chi connectivity index (χ1v) is 6.07. The number of aldehydes is 1. The lowest BCUT2D eigenvalue weighted by Crippen LogP contribution is -2.19. The second-order valence-electron chi connectivity index (χ2n) is 4.76. The highest BCUT2D eigenvalue weighted by molar-refractivity contribution is 6.12. The zero-order chi connectivity index (χ0) is 14.4. The van der Waals surface area contributed by atoms with Crippen LogP contribution < -0.4 is 5.56 Å². The van der Waals surface area contributed by atoms with Crippen LogP contribution in [0, 0.1) is 12.9 Å². The van der Waals surface area contributed by atoms with Gasteiger partial charge in [-0.05, 0) is 36.8 Å². The molecule has 0 saturated heterocycles. The van der Waals surface area contributed by atoms with Crippen LogP contribution >= 0.6 is 0 Å². The third-order valence-electron chi connectivity index (χ3n) is 3.40. The Balaban J connectivity index is 2.72. The Bertz CT molecular complexity index is 929. The van der Waals surface area contributed by atoms with Gasteiger partial charge in [0.05, 0.1) is 0 Å². The number of benzene rings is 1. The summed E-state index contributed by atoms with van der Waals surface area (Å²) < 4.78 is 14.6. The molecule has 4 nitrogen and oxygen atoms in total. The lowest BCUT2D eigenvalue weighted by atomic mass is 10.0. The molecule has 0 amide bonds. The van der Waals surface area contributed by atoms with Crippen molar-refractivity contribution in [3.63, 3.8) is 0 Å². The van der Waals surface area contributed by atoms with Gasteiger partial charge < -0.3 is 0 Å². The van der Waals surface area contributed by atoms with Gasteiger partial charge in [0.2, 0.25) is 5.95 Å². The number of hydrogen-bond acceptors (Lipinski definition) is 3. The highest BCUT2D eigenvalue weighted by atomic mass is 19.1. The molecule has 0 fully saturated rings. The molecule has 0 bridgehead atoms. The number of carbonyl (C=O) groups excluding carboxylic acids is 1. The van der Waals surface area contributed by atoms with Gasteiger partial charge in [-0.3, -0.25) is 14.2 Å². The van der Waals surface area contributed by atoms with Crippen molar-refractivity contribution in [1.82, 2.24) is 9.55 Å². The third-order valence-corrected chi connectivity index (χ3v) is 3.40. The number of hydrogen-bond donors (Lipinski definition) is 0. The molecule has 0 aliphatic heterocycles. The van der Waals surface area contributed by atoms with Crippen molar-refractivity contribution in [3.8, 4) is 0 Å². The quantitative estimate of drug-likeness (QED) is 0.387. The SMILES string of the molecule is Cc1cc(C=O)c2c(c1)c(=O)n(C)c1nc(F)ccc21. The number of aromatic nitrogens is 2. The van der Waals surface area contributed by atoms with Gasteiger partial charge in [0, 0.05) is 28.8 Å². The number of pyridine rings is 2. The Kier molecular flexibility index (Phi) is 2.64. The molecule has 3 aromatic rings. The first-order chi connectivity index (χ1) is 9.52. The molecule has 0 aliphatic rings. The normalized spacial score (nSPS) is 11.2. The number of fused-ring (bicyclic) bond motifs is 3. The van der Waals surface area contributed by atoms with Crippen molar-refractivity contribution in [2.24, 2.45) is 7.05 Å².